The zero-order chi connectivity index (χ0) is 13.5. The largest absolute Gasteiger partial charge is 0.504 e. The first-order valence-corrected chi connectivity index (χ1v) is 5.63. The van der Waals surface area contributed by atoms with Crippen molar-refractivity contribution in [1.29, 1.82) is 0 Å². The minimum Gasteiger partial charge on any atom is -0.504 e. The van der Waals surface area contributed by atoms with E-state index in [1.54, 1.807) is 0 Å². The summed E-state index contributed by atoms with van der Waals surface area (Å²) in [5.74, 6) is -2.44. The molecule has 0 spiro atoms. The highest BCUT2D eigenvalue weighted by molar-refractivity contribution is 5.91. The number of ether oxygens (including phenoxy) is 1. The summed E-state index contributed by atoms with van der Waals surface area (Å²) in [6.45, 7) is 2.22. The topological polar surface area (TPSA) is 87.0 Å². The lowest BCUT2D eigenvalue weighted by Gasteiger charge is -2.06. The molecule has 0 amide bonds. The van der Waals surface area contributed by atoms with Gasteiger partial charge in [0.2, 0.25) is 0 Å². The fraction of sp³-hybridized carbons (Fsp3) is 0.308. The first kappa shape index (κ1) is 13.9. The van der Waals surface area contributed by atoms with E-state index in [0.29, 0.717) is 6.42 Å². The van der Waals surface area contributed by atoms with Gasteiger partial charge in [0, 0.05) is 0 Å². The van der Waals surface area contributed by atoms with Gasteiger partial charge in [0.05, 0.1) is 12.2 Å². The normalized spacial score (nSPS) is 10.7. The molecule has 0 radical (unpaired) electrons. The van der Waals surface area contributed by atoms with Gasteiger partial charge in [-0.2, -0.15) is 0 Å². The third-order valence-electron chi connectivity index (χ3n) is 2.23. The zero-order valence-corrected chi connectivity index (χ0v) is 10.1. The van der Waals surface area contributed by atoms with E-state index in [1.807, 2.05) is 19.1 Å². The summed E-state index contributed by atoms with van der Waals surface area (Å²) in [7, 11) is 0. The van der Waals surface area contributed by atoms with Crippen LogP contribution in [-0.2, 0) is 4.74 Å². The number of carbonyl (C=O) groups is 1. The molecule has 0 heterocycles. The van der Waals surface area contributed by atoms with Crippen molar-refractivity contribution in [3.05, 3.63) is 29.8 Å². The summed E-state index contributed by atoms with van der Waals surface area (Å²) in [5.41, 5.74) is -0.0118. The molecule has 1 aromatic carbocycles. The monoisotopic (exact) mass is 252 g/mol. The third kappa shape index (κ3) is 3.69. The van der Waals surface area contributed by atoms with E-state index in [4.69, 9.17) is 9.84 Å². The number of hydrogen-bond donors (Lipinski definition) is 3. The second-order valence-electron chi connectivity index (χ2n) is 3.67. The molecule has 1 rings (SSSR count). The number of esters is 1. The molecule has 0 aliphatic carbocycles. The molecule has 0 aromatic heterocycles. The van der Waals surface area contributed by atoms with Gasteiger partial charge in [-0.05, 0) is 25.0 Å². The SMILES string of the molecule is CCC=CCCOC(=O)c1cc(O)c(O)c(O)c1. The molecule has 0 atom stereocenters. The third-order valence-corrected chi connectivity index (χ3v) is 2.23. The van der Waals surface area contributed by atoms with Gasteiger partial charge in [0.25, 0.3) is 0 Å². The van der Waals surface area contributed by atoms with Crippen LogP contribution in [0.1, 0.15) is 30.1 Å². The summed E-state index contributed by atoms with van der Waals surface area (Å²) in [6.07, 6.45) is 5.40. The van der Waals surface area contributed by atoms with Crippen molar-refractivity contribution >= 4 is 5.97 Å². The van der Waals surface area contributed by atoms with Crippen LogP contribution in [0.2, 0.25) is 0 Å². The van der Waals surface area contributed by atoms with Crippen molar-refractivity contribution in [2.75, 3.05) is 6.61 Å². The van der Waals surface area contributed by atoms with E-state index in [0.717, 1.165) is 18.6 Å². The van der Waals surface area contributed by atoms with Crippen molar-refractivity contribution in [2.24, 2.45) is 0 Å². The molecule has 98 valence electrons. The zero-order valence-electron chi connectivity index (χ0n) is 10.1. The summed E-state index contributed by atoms with van der Waals surface area (Å²) < 4.78 is 4.93. The Morgan fingerprint density at radius 1 is 1.22 bits per heavy atom. The molecule has 0 bridgehead atoms. The predicted molar refractivity (Wildman–Crippen MR) is 65.8 cm³/mol. The Hall–Kier alpha value is -2.17. The summed E-state index contributed by atoms with van der Waals surface area (Å²) >= 11 is 0. The van der Waals surface area contributed by atoms with E-state index >= 15 is 0 Å². The number of benzene rings is 1. The molecule has 0 aliphatic rings. The summed E-state index contributed by atoms with van der Waals surface area (Å²) in [4.78, 5) is 11.5. The van der Waals surface area contributed by atoms with Crippen molar-refractivity contribution in [3.8, 4) is 17.2 Å². The summed E-state index contributed by atoms with van der Waals surface area (Å²) in [6, 6.07) is 2.08. The van der Waals surface area contributed by atoms with Crippen molar-refractivity contribution in [3.63, 3.8) is 0 Å². The molecular weight excluding hydrogens is 236 g/mol. The van der Waals surface area contributed by atoms with Crippen LogP contribution in [0.25, 0.3) is 0 Å². The maximum Gasteiger partial charge on any atom is 0.338 e. The fourth-order valence-electron chi connectivity index (χ4n) is 1.31. The number of phenolic OH excluding ortho intramolecular Hbond substituents is 3. The number of aromatic hydroxyl groups is 3. The number of carbonyl (C=O) groups excluding carboxylic acids is 1. The minimum absolute atomic E-state index is 0.0118. The highest BCUT2D eigenvalue weighted by atomic mass is 16.5. The lowest BCUT2D eigenvalue weighted by molar-refractivity contribution is 0.0510. The van der Waals surface area contributed by atoms with Gasteiger partial charge in [0.15, 0.2) is 17.2 Å². The van der Waals surface area contributed by atoms with Crippen molar-refractivity contribution in [1.82, 2.24) is 0 Å². The summed E-state index contributed by atoms with van der Waals surface area (Å²) in [5, 5.41) is 27.6. The Morgan fingerprint density at radius 2 is 1.83 bits per heavy atom. The van der Waals surface area contributed by atoms with Crippen LogP contribution >= 0.6 is 0 Å². The first-order chi connectivity index (χ1) is 8.56. The molecule has 0 saturated carbocycles. The lowest BCUT2D eigenvalue weighted by atomic mass is 10.2. The number of phenols is 3. The van der Waals surface area contributed by atoms with Gasteiger partial charge in [0.1, 0.15) is 0 Å². The smallest absolute Gasteiger partial charge is 0.338 e. The standard InChI is InChI=1S/C13H16O5/c1-2-3-4-5-6-18-13(17)9-7-10(14)12(16)11(15)8-9/h3-4,7-8,14-16H,2,5-6H2,1H3. The fourth-order valence-corrected chi connectivity index (χ4v) is 1.31. The Kier molecular flexibility index (Phi) is 5.05. The van der Waals surface area contributed by atoms with Gasteiger partial charge >= 0.3 is 5.97 Å². The molecule has 18 heavy (non-hydrogen) atoms. The van der Waals surface area contributed by atoms with E-state index in [1.165, 1.54) is 0 Å². The van der Waals surface area contributed by atoms with E-state index < -0.39 is 23.2 Å². The Morgan fingerprint density at radius 3 is 2.39 bits per heavy atom. The van der Waals surface area contributed by atoms with Crippen LogP contribution in [-0.4, -0.2) is 27.9 Å². The minimum atomic E-state index is -0.662. The molecule has 0 aliphatic heterocycles. The van der Waals surface area contributed by atoms with Crippen LogP contribution < -0.4 is 0 Å². The number of rotatable bonds is 5. The molecule has 0 fully saturated rings. The molecule has 0 unspecified atom stereocenters. The first-order valence-electron chi connectivity index (χ1n) is 5.63. The molecule has 5 heteroatoms. The van der Waals surface area contributed by atoms with Crippen LogP contribution in [0.3, 0.4) is 0 Å². The van der Waals surface area contributed by atoms with Gasteiger partial charge in [-0.15, -0.1) is 0 Å². The molecular formula is C13H16O5. The van der Waals surface area contributed by atoms with Crippen LogP contribution in [0, 0.1) is 0 Å². The average Bonchev–Trinajstić information content (AvgIpc) is 2.34. The molecule has 5 nitrogen and oxygen atoms in total. The van der Waals surface area contributed by atoms with Gasteiger partial charge in [-0.1, -0.05) is 19.1 Å². The highest BCUT2D eigenvalue weighted by Gasteiger charge is 2.14. The lowest BCUT2D eigenvalue weighted by Crippen LogP contribution is -2.05. The van der Waals surface area contributed by atoms with Crippen LogP contribution in [0.15, 0.2) is 24.3 Å². The maximum atomic E-state index is 11.5. The van der Waals surface area contributed by atoms with Gasteiger partial charge < -0.3 is 20.1 Å². The second-order valence-corrected chi connectivity index (χ2v) is 3.67. The average molecular weight is 252 g/mol. The van der Waals surface area contributed by atoms with E-state index in [2.05, 4.69) is 0 Å². The van der Waals surface area contributed by atoms with E-state index in [-0.39, 0.29) is 12.2 Å². The maximum absolute atomic E-state index is 11.5. The van der Waals surface area contributed by atoms with Crippen molar-refractivity contribution in [2.45, 2.75) is 19.8 Å². The highest BCUT2D eigenvalue weighted by Crippen LogP contribution is 2.35. The quantitative estimate of drug-likeness (QED) is 0.324. The molecule has 3 N–H and O–H groups in total. The van der Waals surface area contributed by atoms with Crippen LogP contribution in [0.4, 0.5) is 0 Å². The second kappa shape index (κ2) is 6.54. The predicted octanol–water partition coefficient (Wildman–Crippen LogP) is 2.32. The number of allylic oxidation sites excluding steroid dienone is 1. The van der Waals surface area contributed by atoms with Gasteiger partial charge in [-0.25, -0.2) is 4.79 Å². The van der Waals surface area contributed by atoms with Crippen molar-refractivity contribution < 1.29 is 24.9 Å². The Balaban J connectivity index is 2.59. The number of hydrogen-bond acceptors (Lipinski definition) is 5. The molecule has 0 saturated heterocycles. The Labute approximate surface area is 105 Å². The van der Waals surface area contributed by atoms with Crippen LogP contribution in [0.5, 0.6) is 17.2 Å². The van der Waals surface area contributed by atoms with E-state index in [9.17, 15) is 15.0 Å². The Bertz CT molecular complexity index is 428. The molecule has 1 aromatic rings. The van der Waals surface area contributed by atoms with Gasteiger partial charge in [-0.3, -0.25) is 0 Å².